The van der Waals surface area contributed by atoms with Crippen molar-refractivity contribution >= 4 is 27.3 Å². The maximum absolute atomic E-state index is 12.7. The second kappa shape index (κ2) is 8.49. The van der Waals surface area contributed by atoms with Crippen LogP contribution in [0, 0.1) is 17.0 Å². The van der Waals surface area contributed by atoms with Crippen LogP contribution >= 0.6 is 0 Å². The molecule has 0 aliphatic carbocycles. The van der Waals surface area contributed by atoms with E-state index in [1.807, 2.05) is 39.0 Å². The fourth-order valence-electron chi connectivity index (χ4n) is 2.75. The van der Waals surface area contributed by atoms with Gasteiger partial charge < -0.3 is 5.32 Å². The summed E-state index contributed by atoms with van der Waals surface area (Å²) in [6.07, 6.45) is 0. The minimum atomic E-state index is -4.05. The highest BCUT2D eigenvalue weighted by molar-refractivity contribution is 7.89. The Hall–Kier alpha value is -2.78. The fourth-order valence-corrected chi connectivity index (χ4v) is 3.91. The quantitative estimate of drug-likeness (QED) is 0.561. The molecule has 0 atom stereocenters. The van der Waals surface area contributed by atoms with Gasteiger partial charge in [0.15, 0.2) is 0 Å². The van der Waals surface area contributed by atoms with Crippen LogP contribution < -0.4 is 5.32 Å². The number of rotatable bonds is 7. The Balaban J connectivity index is 2.21. The number of sulfonamides is 1. The normalized spacial score (nSPS) is 11.6. The van der Waals surface area contributed by atoms with Crippen molar-refractivity contribution in [2.24, 2.45) is 0 Å². The number of benzene rings is 2. The third-order valence-electron chi connectivity index (χ3n) is 4.29. The zero-order valence-corrected chi connectivity index (χ0v) is 17.0. The van der Waals surface area contributed by atoms with Gasteiger partial charge in [-0.3, -0.25) is 14.9 Å². The first-order valence-corrected chi connectivity index (χ1v) is 10.1. The van der Waals surface area contributed by atoms with E-state index in [1.54, 1.807) is 0 Å². The van der Waals surface area contributed by atoms with Gasteiger partial charge in [-0.2, -0.15) is 4.31 Å². The number of anilines is 1. The molecule has 2 aromatic carbocycles. The average molecular weight is 405 g/mol. The van der Waals surface area contributed by atoms with E-state index in [4.69, 9.17) is 0 Å². The Kier molecular flexibility index (Phi) is 6.52. The first-order chi connectivity index (χ1) is 13.0. The van der Waals surface area contributed by atoms with Crippen molar-refractivity contribution in [1.29, 1.82) is 0 Å². The Labute approximate surface area is 164 Å². The minimum absolute atomic E-state index is 0.182. The van der Waals surface area contributed by atoms with Crippen molar-refractivity contribution < 1.29 is 18.1 Å². The summed E-state index contributed by atoms with van der Waals surface area (Å²) in [5.74, 6) is -0.311. The lowest BCUT2D eigenvalue weighted by Crippen LogP contribution is -2.35. The van der Waals surface area contributed by atoms with E-state index in [0.29, 0.717) is 5.69 Å². The lowest BCUT2D eigenvalue weighted by Gasteiger charge is -2.19. The zero-order chi connectivity index (χ0) is 21.1. The third kappa shape index (κ3) is 4.73. The summed E-state index contributed by atoms with van der Waals surface area (Å²) in [7, 11) is -2.79. The second-order valence-corrected chi connectivity index (χ2v) is 8.80. The molecule has 0 aliphatic rings. The molecule has 0 heterocycles. The summed E-state index contributed by atoms with van der Waals surface area (Å²) in [6, 6.07) is 10.4. The number of hydrogen-bond donors (Lipinski definition) is 1. The SMILES string of the molecule is Cc1cccc(C(C)C)c1NC(=O)CN(C)S(=O)(=O)c1cccc([N+](=O)[O-])c1. The average Bonchev–Trinajstić information content (AvgIpc) is 2.63. The van der Waals surface area contributed by atoms with E-state index < -0.39 is 27.4 Å². The van der Waals surface area contributed by atoms with Gasteiger partial charge in [0.05, 0.1) is 16.4 Å². The van der Waals surface area contributed by atoms with Crippen LogP contribution in [0.2, 0.25) is 0 Å². The number of non-ortho nitro benzene ring substituents is 1. The van der Waals surface area contributed by atoms with Gasteiger partial charge in [-0.15, -0.1) is 0 Å². The lowest BCUT2D eigenvalue weighted by atomic mass is 9.98. The number of hydrogen-bond acceptors (Lipinski definition) is 5. The maximum Gasteiger partial charge on any atom is 0.270 e. The molecule has 28 heavy (non-hydrogen) atoms. The van der Waals surface area contributed by atoms with Crippen LogP contribution in [0.3, 0.4) is 0 Å². The van der Waals surface area contributed by atoms with Crippen LogP contribution in [-0.4, -0.2) is 37.1 Å². The predicted molar refractivity (Wildman–Crippen MR) is 107 cm³/mol. The Morgan fingerprint density at radius 1 is 1.21 bits per heavy atom. The Bertz CT molecular complexity index is 1000. The van der Waals surface area contributed by atoms with E-state index in [1.165, 1.54) is 25.2 Å². The summed E-state index contributed by atoms with van der Waals surface area (Å²) in [5.41, 5.74) is 2.17. The monoisotopic (exact) mass is 405 g/mol. The topological polar surface area (TPSA) is 110 Å². The van der Waals surface area contributed by atoms with E-state index in [9.17, 15) is 23.3 Å². The predicted octanol–water partition coefficient (Wildman–Crippen LogP) is 3.29. The molecule has 2 rings (SSSR count). The summed E-state index contributed by atoms with van der Waals surface area (Å²) in [5, 5.41) is 13.7. The number of nitro benzene ring substituents is 1. The first-order valence-electron chi connectivity index (χ1n) is 8.64. The van der Waals surface area contributed by atoms with E-state index >= 15 is 0 Å². The molecule has 0 bridgehead atoms. The van der Waals surface area contributed by atoms with Gasteiger partial charge in [0, 0.05) is 24.9 Å². The molecule has 8 nitrogen and oxygen atoms in total. The van der Waals surface area contributed by atoms with Crippen LogP contribution in [0.25, 0.3) is 0 Å². The minimum Gasteiger partial charge on any atom is -0.324 e. The van der Waals surface area contributed by atoms with E-state index in [-0.39, 0.29) is 16.5 Å². The molecule has 1 N–H and O–H groups in total. The molecule has 150 valence electrons. The van der Waals surface area contributed by atoms with Gasteiger partial charge in [0.25, 0.3) is 5.69 Å². The number of nitrogens with one attached hydrogen (secondary N) is 1. The number of carbonyl (C=O) groups is 1. The van der Waals surface area contributed by atoms with Crippen molar-refractivity contribution in [1.82, 2.24) is 4.31 Å². The number of amides is 1. The summed E-state index contributed by atoms with van der Waals surface area (Å²) in [6.45, 7) is 5.45. The van der Waals surface area contributed by atoms with Gasteiger partial charge in [0.2, 0.25) is 15.9 Å². The molecule has 0 unspecified atom stereocenters. The summed E-state index contributed by atoms with van der Waals surface area (Å²) >= 11 is 0. The van der Waals surface area contributed by atoms with Gasteiger partial charge in [-0.25, -0.2) is 8.42 Å². The van der Waals surface area contributed by atoms with Crippen molar-refractivity contribution in [2.75, 3.05) is 18.9 Å². The number of nitrogens with zero attached hydrogens (tertiary/aromatic N) is 2. The summed E-state index contributed by atoms with van der Waals surface area (Å²) in [4.78, 5) is 22.5. The molecule has 2 aromatic rings. The van der Waals surface area contributed by atoms with E-state index in [0.717, 1.165) is 21.5 Å². The van der Waals surface area contributed by atoms with Crippen LogP contribution in [0.5, 0.6) is 0 Å². The van der Waals surface area contributed by atoms with E-state index in [2.05, 4.69) is 5.32 Å². The molecule has 0 fully saturated rings. The van der Waals surface area contributed by atoms with Gasteiger partial charge in [-0.1, -0.05) is 38.1 Å². The number of para-hydroxylation sites is 1. The smallest absolute Gasteiger partial charge is 0.270 e. The highest BCUT2D eigenvalue weighted by Gasteiger charge is 2.25. The fraction of sp³-hybridized carbons (Fsp3) is 0.316. The lowest BCUT2D eigenvalue weighted by molar-refractivity contribution is -0.385. The molecular formula is C19H23N3O5S. The molecule has 0 spiro atoms. The largest absolute Gasteiger partial charge is 0.324 e. The van der Waals surface area contributed by atoms with Gasteiger partial charge in [-0.05, 0) is 30.0 Å². The highest BCUT2D eigenvalue weighted by Crippen LogP contribution is 2.27. The molecule has 0 radical (unpaired) electrons. The highest BCUT2D eigenvalue weighted by atomic mass is 32.2. The number of carbonyl (C=O) groups excluding carboxylic acids is 1. The number of aryl methyl sites for hydroxylation is 1. The number of nitro groups is 1. The Morgan fingerprint density at radius 2 is 1.86 bits per heavy atom. The van der Waals surface area contributed by atoms with Crippen molar-refractivity contribution in [3.8, 4) is 0 Å². The Morgan fingerprint density at radius 3 is 2.46 bits per heavy atom. The second-order valence-electron chi connectivity index (χ2n) is 6.76. The third-order valence-corrected chi connectivity index (χ3v) is 6.09. The standard InChI is InChI=1S/C19H23N3O5S/c1-13(2)17-10-5-7-14(3)19(17)20-18(23)12-21(4)28(26,27)16-9-6-8-15(11-16)22(24)25/h5-11,13H,12H2,1-4H3,(H,20,23). The van der Waals surface area contributed by atoms with Crippen molar-refractivity contribution in [3.05, 3.63) is 63.7 Å². The summed E-state index contributed by atoms with van der Waals surface area (Å²) < 4.78 is 26.2. The molecule has 0 saturated heterocycles. The van der Waals surface area contributed by atoms with Crippen LogP contribution in [0.1, 0.15) is 30.9 Å². The van der Waals surface area contributed by atoms with Gasteiger partial charge >= 0.3 is 0 Å². The molecule has 0 saturated carbocycles. The molecule has 9 heteroatoms. The molecule has 0 aliphatic heterocycles. The van der Waals surface area contributed by atoms with Crippen molar-refractivity contribution in [3.63, 3.8) is 0 Å². The number of likely N-dealkylation sites (N-methyl/N-ethyl adjacent to an activating group) is 1. The van der Waals surface area contributed by atoms with Gasteiger partial charge in [0.1, 0.15) is 0 Å². The maximum atomic E-state index is 12.7. The zero-order valence-electron chi connectivity index (χ0n) is 16.2. The molecule has 0 aromatic heterocycles. The molecular weight excluding hydrogens is 382 g/mol. The first kappa shape index (κ1) is 21.5. The van der Waals surface area contributed by atoms with Crippen LogP contribution in [0.15, 0.2) is 47.4 Å². The van der Waals surface area contributed by atoms with Crippen molar-refractivity contribution in [2.45, 2.75) is 31.6 Å². The molecule has 1 amide bonds. The van der Waals surface area contributed by atoms with Crippen LogP contribution in [0.4, 0.5) is 11.4 Å². The van der Waals surface area contributed by atoms with Crippen LogP contribution in [-0.2, 0) is 14.8 Å².